The van der Waals surface area contributed by atoms with Gasteiger partial charge < -0.3 is 15.0 Å². The van der Waals surface area contributed by atoms with Crippen molar-refractivity contribution in [3.63, 3.8) is 0 Å². The number of nitro groups is 1. The summed E-state index contributed by atoms with van der Waals surface area (Å²) in [6.07, 6.45) is 3.18. The number of ether oxygens (including phenoxy) is 1. The molecule has 2 amide bonds. The molecule has 0 saturated carbocycles. The summed E-state index contributed by atoms with van der Waals surface area (Å²) >= 11 is 1.23. The average Bonchev–Trinajstić information content (AvgIpc) is 3.08. The first-order valence-electron chi connectivity index (χ1n) is 9.02. The zero-order valence-corrected chi connectivity index (χ0v) is 17.2. The van der Waals surface area contributed by atoms with E-state index in [0.29, 0.717) is 35.6 Å². The molecular formula is C20H19N3O6S. The largest absolute Gasteiger partial charge is 0.465 e. The number of rotatable bonds is 5. The molecule has 1 aliphatic rings. The number of hydrogen-bond acceptors (Lipinski definition) is 7. The summed E-state index contributed by atoms with van der Waals surface area (Å²) in [5.74, 6) is -1.10. The highest BCUT2D eigenvalue weighted by molar-refractivity contribution is 7.17. The summed E-state index contributed by atoms with van der Waals surface area (Å²) in [4.78, 5) is 49.2. The summed E-state index contributed by atoms with van der Waals surface area (Å²) in [6, 6.07) is 5.88. The molecule has 2 heterocycles. The molecule has 1 aromatic carbocycles. The maximum Gasteiger partial charge on any atom is 0.341 e. The number of thiophene rings is 1. The van der Waals surface area contributed by atoms with E-state index < -0.39 is 16.8 Å². The SMILES string of the molecule is COC(=O)c1c(NC(=O)/C=C/c2cccc([N+](=O)[O-])c2)sc2c1CCN(C(C)=O)C2. The number of anilines is 1. The van der Waals surface area contributed by atoms with E-state index in [1.165, 1.54) is 55.7 Å². The second kappa shape index (κ2) is 8.87. The standard InChI is InChI=1S/C20H19N3O6S/c1-12(24)22-9-8-15-16(11-22)30-19(18(15)20(26)29-2)21-17(25)7-6-13-4-3-5-14(10-13)23(27)28/h3-7,10H,8-9,11H2,1-2H3,(H,21,25)/b7-6+. The summed E-state index contributed by atoms with van der Waals surface area (Å²) in [5, 5.41) is 13.9. The van der Waals surface area contributed by atoms with Crippen molar-refractivity contribution in [3.8, 4) is 0 Å². The first-order chi connectivity index (χ1) is 14.3. The molecule has 10 heteroatoms. The number of nitro benzene ring substituents is 1. The van der Waals surface area contributed by atoms with Crippen molar-refractivity contribution in [2.45, 2.75) is 19.9 Å². The van der Waals surface area contributed by atoms with Gasteiger partial charge in [-0.1, -0.05) is 12.1 Å². The number of hydrogen-bond donors (Lipinski definition) is 1. The van der Waals surface area contributed by atoms with E-state index in [0.717, 1.165) is 10.4 Å². The lowest BCUT2D eigenvalue weighted by atomic mass is 10.0. The Kier molecular flexibility index (Phi) is 6.26. The van der Waals surface area contributed by atoms with Crippen molar-refractivity contribution in [3.05, 3.63) is 62.0 Å². The lowest BCUT2D eigenvalue weighted by Crippen LogP contribution is -2.33. The van der Waals surface area contributed by atoms with Crippen LogP contribution in [-0.4, -0.2) is 41.3 Å². The van der Waals surface area contributed by atoms with E-state index in [2.05, 4.69) is 5.32 Å². The minimum Gasteiger partial charge on any atom is -0.465 e. The van der Waals surface area contributed by atoms with E-state index in [9.17, 15) is 24.5 Å². The van der Waals surface area contributed by atoms with Crippen molar-refractivity contribution >= 4 is 45.9 Å². The number of fused-ring (bicyclic) bond motifs is 1. The number of nitrogens with zero attached hydrogens (tertiary/aromatic N) is 2. The summed E-state index contributed by atoms with van der Waals surface area (Å²) in [7, 11) is 1.27. The van der Waals surface area contributed by atoms with Gasteiger partial charge in [-0.3, -0.25) is 19.7 Å². The van der Waals surface area contributed by atoms with E-state index >= 15 is 0 Å². The minimum atomic E-state index is -0.554. The van der Waals surface area contributed by atoms with Gasteiger partial charge in [0.1, 0.15) is 5.00 Å². The predicted molar refractivity (Wildman–Crippen MR) is 111 cm³/mol. The number of carbonyl (C=O) groups excluding carboxylic acids is 3. The predicted octanol–water partition coefficient (Wildman–Crippen LogP) is 3.00. The highest BCUT2D eigenvalue weighted by atomic mass is 32.1. The molecule has 0 bridgehead atoms. The number of non-ortho nitro benzene ring substituents is 1. The van der Waals surface area contributed by atoms with Crippen molar-refractivity contribution in [1.82, 2.24) is 4.90 Å². The van der Waals surface area contributed by atoms with Gasteiger partial charge in [-0.25, -0.2) is 4.79 Å². The maximum atomic E-state index is 12.4. The minimum absolute atomic E-state index is 0.0564. The van der Waals surface area contributed by atoms with Crippen molar-refractivity contribution < 1.29 is 24.0 Å². The third-order valence-electron chi connectivity index (χ3n) is 4.64. The van der Waals surface area contributed by atoms with Gasteiger partial charge in [0.05, 0.1) is 24.1 Å². The Labute approximate surface area is 176 Å². The Morgan fingerprint density at radius 1 is 1.33 bits per heavy atom. The monoisotopic (exact) mass is 429 g/mol. The van der Waals surface area contributed by atoms with E-state index in [-0.39, 0.29) is 11.6 Å². The van der Waals surface area contributed by atoms with E-state index in [1.54, 1.807) is 11.0 Å². The van der Waals surface area contributed by atoms with Crippen LogP contribution in [0.2, 0.25) is 0 Å². The summed E-state index contributed by atoms with van der Waals surface area (Å²) in [5.41, 5.74) is 1.50. The smallest absolute Gasteiger partial charge is 0.341 e. The third kappa shape index (κ3) is 4.54. The molecule has 0 radical (unpaired) electrons. The Morgan fingerprint density at radius 2 is 2.10 bits per heavy atom. The number of carbonyl (C=O) groups is 3. The molecule has 0 unspecified atom stereocenters. The number of benzene rings is 1. The Bertz CT molecular complexity index is 1060. The van der Waals surface area contributed by atoms with Crippen molar-refractivity contribution in [2.24, 2.45) is 0 Å². The van der Waals surface area contributed by atoms with Gasteiger partial charge in [0.25, 0.3) is 5.69 Å². The van der Waals surface area contributed by atoms with Crippen LogP contribution in [0.25, 0.3) is 6.08 Å². The van der Waals surface area contributed by atoms with Gasteiger partial charge in [0.15, 0.2) is 0 Å². The van der Waals surface area contributed by atoms with Crippen LogP contribution in [0, 0.1) is 10.1 Å². The van der Waals surface area contributed by atoms with Crippen molar-refractivity contribution in [1.29, 1.82) is 0 Å². The van der Waals surface area contributed by atoms with Gasteiger partial charge in [-0.15, -0.1) is 11.3 Å². The fourth-order valence-corrected chi connectivity index (χ4v) is 4.40. The highest BCUT2D eigenvalue weighted by Crippen LogP contribution is 2.37. The fourth-order valence-electron chi connectivity index (χ4n) is 3.15. The second-order valence-corrected chi connectivity index (χ2v) is 7.67. The van der Waals surface area contributed by atoms with Gasteiger partial charge >= 0.3 is 5.97 Å². The van der Waals surface area contributed by atoms with Crippen LogP contribution in [0.1, 0.15) is 33.3 Å². The Hall–Kier alpha value is -3.53. The zero-order chi connectivity index (χ0) is 21.8. The molecule has 3 rings (SSSR count). The molecule has 0 saturated heterocycles. The maximum absolute atomic E-state index is 12.4. The van der Waals surface area contributed by atoms with Gasteiger partial charge in [-0.2, -0.15) is 0 Å². The van der Waals surface area contributed by atoms with Crippen LogP contribution < -0.4 is 5.32 Å². The van der Waals surface area contributed by atoms with Gasteiger partial charge in [0, 0.05) is 36.6 Å². The van der Waals surface area contributed by atoms with E-state index in [1.807, 2.05) is 0 Å². The average molecular weight is 429 g/mol. The summed E-state index contributed by atoms with van der Waals surface area (Å²) in [6.45, 7) is 2.35. The zero-order valence-electron chi connectivity index (χ0n) is 16.3. The molecule has 2 aromatic rings. The Balaban J connectivity index is 1.83. The van der Waals surface area contributed by atoms with Crippen LogP contribution in [-0.2, 0) is 27.3 Å². The highest BCUT2D eigenvalue weighted by Gasteiger charge is 2.29. The van der Waals surface area contributed by atoms with Crippen LogP contribution in [0.5, 0.6) is 0 Å². The molecule has 1 N–H and O–H groups in total. The molecular weight excluding hydrogens is 410 g/mol. The quantitative estimate of drug-likeness (QED) is 0.338. The molecule has 9 nitrogen and oxygen atoms in total. The molecule has 0 atom stereocenters. The van der Waals surface area contributed by atoms with Gasteiger partial charge in [-0.05, 0) is 23.6 Å². The normalized spacial score (nSPS) is 13.1. The van der Waals surface area contributed by atoms with Crippen LogP contribution in [0.4, 0.5) is 10.7 Å². The molecule has 0 spiro atoms. The molecule has 0 aliphatic carbocycles. The van der Waals surface area contributed by atoms with Crippen LogP contribution >= 0.6 is 11.3 Å². The Morgan fingerprint density at radius 3 is 2.77 bits per heavy atom. The number of methoxy groups -OCH3 is 1. The molecule has 1 aliphatic heterocycles. The number of esters is 1. The lowest BCUT2D eigenvalue weighted by Gasteiger charge is -2.25. The number of amides is 2. The summed E-state index contributed by atoms with van der Waals surface area (Å²) < 4.78 is 4.88. The molecule has 156 valence electrons. The van der Waals surface area contributed by atoms with Crippen molar-refractivity contribution in [2.75, 3.05) is 19.0 Å². The van der Waals surface area contributed by atoms with E-state index in [4.69, 9.17) is 4.74 Å². The first kappa shape index (κ1) is 21.2. The second-order valence-electron chi connectivity index (χ2n) is 6.56. The lowest BCUT2D eigenvalue weighted by molar-refractivity contribution is -0.384. The molecule has 30 heavy (non-hydrogen) atoms. The number of nitrogens with one attached hydrogen (secondary N) is 1. The topological polar surface area (TPSA) is 119 Å². The molecule has 0 fully saturated rings. The third-order valence-corrected chi connectivity index (χ3v) is 5.77. The molecule has 1 aromatic heterocycles. The first-order valence-corrected chi connectivity index (χ1v) is 9.83. The van der Waals surface area contributed by atoms with Gasteiger partial charge in [0.2, 0.25) is 11.8 Å². The van der Waals surface area contributed by atoms with Crippen LogP contribution in [0.15, 0.2) is 30.3 Å². The van der Waals surface area contributed by atoms with Crippen LogP contribution in [0.3, 0.4) is 0 Å². The fraction of sp³-hybridized carbons (Fsp3) is 0.250.